The first kappa shape index (κ1) is 15.0. The first-order valence-corrected chi connectivity index (χ1v) is 7.88. The van der Waals surface area contributed by atoms with E-state index < -0.39 is 0 Å². The number of rotatable bonds is 4. The molecule has 2 aromatic heterocycles. The number of nitrogens with zero attached hydrogens (tertiary/aromatic N) is 5. The van der Waals surface area contributed by atoms with Gasteiger partial charge in [0, 0.05) is 11.6 Å². The minimum atomic E-state index is -0.116. The molecule has 4 aromatic rings. The van der Waals surface area contributed by atoms with Crippen LogP contribution in [0.3, 0.4) is 0 Å². The SMILES string of the molecule is O=c1cc(-c2ccccc2)ncn1Cc1cnnn1-c1ccccc1. The van der Waals surface area contributed by atoms with Crippen LogP contribution in [0.1, 0.15) is 5.69 Å². The van der Waals surface area contributed by atoms with Gasteiger partial charge in [-0.1, -0.05) is 53.7 Å². The van der Waals surface area contributed by atoms with Crippen molar-refractivity contribution in [2.75, 3.05) is 0 Å². The predicted octanol–water partition coefficient (Wildman–Crippen LogP) is 2.54. The predicted molar refractivity (Wildman–Crippen MR) is 94.4 cm³/mol. The highest BCUT2D eigenvalue weighted by atomic mass is 16.1. The van der Waals surface area contributed by atoms with E-state index in [0.29, 0.717) is 12.2 Å². The van der Waals surface area contributed by atoms with Crippen molar-refractivity contribution in [3.05, 3.63) is 95.3 Å². The Morgan fingerprint density at radius 1 is 0.920 bits per heavy atom. The number of benzene rings is 2. The van der Waals surface area contributed by atoms with E-state index in [0.717, 1.165) is 16.9 Å². The summed E-state index contributed by atoms with van der Waals surface area (Å²) in [7, 11) is 0. The molecule has 2 heterocycles. The summed E-state index contributed by atoms with van der Waals surface area (Å²) in [5.41, 5.74) is 3.17. The van der Waals surface area contributed by atoms with Crippen molar-refractivity contribution in [2.24, 2.45) is 0 Å². The van der Waals surface area contributed by atoms with Gasteiger partial charge >= 0.3 is 0 Å². The van der Waals surface area contributed by atoms with Crippen molar-refractivity contribution in [2.45, 2.75) is 6.54 Å². The molecule has 0 amide bonds. The Bertz CT molecular complexity index is 1040. The summed E-state index contributed by atoms with van der Waals surface area (Å²) in [5.74, 6) is 0. The zero-order valence-electron chi connectivity index (χ0n) is 13.4. The van der Waals surface area contributed by atoms with E-state index in [2.05, 4.69) is 15.3 Å². The molecule has 25 heavy (non-hydrogen) atoms. The van der Waals surface area contributed by atoms with Crippen molar-refractivity contribution >= 4 is 0 Å². The van der Waals surface area contributed by atoms with E-state index in [1.165, 1.54) is 0 Å². The van der Waals surface area contributed by atoms with Gasteiger partial charge in [0.2, 0.25) is 0 Å². The topological polar surface area (TPSA) is 65.6 Å². The second-order valence-electron chi connectivity index (χ2n) is 5.58. The van der Waals surface area contributed by atoms with Crippen LogP contribution in [-0.2, 0) is 6.54 Å². The summed E-state index contributed by atoms with van der Waals surface area (Å²) in [4.78, 5) is 16.9. The van der Waals surface area contributed by atoms with Crippen LogP contribution in [0.15, 0.2) is 84.0 Å². The van der Waals surface area contributed by atoms with Gasteiger partial charge < -0.3 is 0 Å². The molecule has 0 saturated carbocycles. The van der Waals surface area contributed by atoms with E-state index in [-0.39, 0.29) is 5.56 Å². The van der Waals surface area contributed by atoms with E-state index in [4.69, 9.17) is 0 Å². The Balaban J connectivity index is 1.65. The lowest BCUT2D eigenvalue weighted by Crippen LogP contribution is -2.21. The molecule has 0 fully saturated rings. The Morgan fingerprint density at radius 3 is 2.36 bits per heavy atom. The van der Waals surface area contributed by atoms with Gasteiger partial charge in [-0.3, -0.25) is 9.36 Å². The number of hydrogen-bond donors (Lipinski definition) is 0. The quantitative estimate of drug-likeness (QED) is 0.577. The number of para-hydroxylation sites is 1. The van der Waals surface area contributed by atoms with Gasteiger partial charge in [0.05, 0.1) is 36.1 Å². The molecule has 0 bridgehead atoms. The molecule has 6 heteroatoms. The van der Waals surface area contributed by atoms with Gasteiger partial charge in [0.15, 0.2) is 0 Å². The normalized spacial score (nSPS) is 10.7. The monoisotopic (exact) mass is 329 g/mol. The second kappa shape index (κ2) is 6.52. The van der Waals surface area contributed by atoms with Crippen LogP contribution in [0.4, 0.5) is 0 Å². The maximum atomic E-state index is 12.5. The van der Waals surface area contributed by atoms with E-state index in [1.54, 1.807) is 27.8 Å². The summed E-state index contributed by atoms with van der Waals surface area (Å²) in [6.45, 7) is 0.350. The fourth-order valence-electron chi connectivity index (χ4n) is 2.64. The van der Waals surface area contributed by atoms with Crippen LogP contribution in [0.2, 0.25) is 0 Å². The molecule has 0 saturated heterocycles. The maximum Gasteiger partial charge on any atom is 0.254 e. The first-order chi connectivity index (χ1) is 12.3. The Kier molecular flexibility index (Phi) is 3.92. The van der Waals surface area contributed by atoms with Crippen molar-refractivity contribution < 1.29 is 0 Å². The van der Waals surface area contributed by atoms with Crippen LogP contribution >= 0.6 is 0 Å². The van der Waals surface area contributed by atoms with Crippen molar-refractivity contribution in [3.63, 3.8) is 0 Å². The third kappa shape index (κ3) is 3.10. The largest absolute Gasteiger partial charge is 0.293 e. The van der Waals surface area contributed by atoms with Crippen molar-refractivity contribution in [3.8, 4) is 16.9 Å². The van der Waals surface area contributed by atoms with E-state index in [9.17, 15) is 4.79 Å². The van der Waals surface area contributed by atoms with Crippen LogP contribution in [0.5, 0.6) is 0 Å². The molecule has 0 radical (unpaired) electrons. The average Bonchev–Trinajstić information content (AvgIpc) is 3.13. The smallest absolute Gasteiger partial charge is 0.254 e. The molecule has 6 nitrogen and oxygen atoms in total. The molecule has 0 N–H and O–H groups in total. The zero-order chi connectivity index (χ0) is 17.1. The molecule has 0 atom stereocenters. The fourth-order valence-corrected chi connectivity index (χ4v) is 2.64. The Hall–Kier alpha value is -3.54. The summed E-state index contributed by atoms with van der Waals surface area (Å²) < 4.78 is 3.27. The van der Waals surface area contributed by atoms with Gasteiger partial charge in [0.25, 0.3) is 5.56 Å². The number of aromatic nitrogens is 5. The molecule has 0 spiro atoms. The molecule has 0 aliphatic rings. The highest BCUT2D eigenvalue weighted by Gasteiger charge is 2.09. The molecule has 0 aliphatic heterocycles. The van der Waals surface area contributed by atoms with E-state index in [1.807, 2.05) is 60.7 Å². The molecular weight excluding hydrogens is 314 g/mol. The minimum absolute atomic E-state index is 0.116. The van der Waals surface area contributed by atoms with Crippen LogP contribution in [-0.4, -0.2) is 24.5 Å². The molecule has 0 aliphatic carbocycles. The van der Waals surface area contributed by atoms with Gasteiger partial charge in [0.1, 0.15) is 0 Å². The van der Waals surface area contributed by atoms with Gasteiger partial charge in [-0.2, -0.15) is 0 Å². The summed E-state index contributed by atoms with van der Waals surface area (Å²) in [6.07, 6.45) is 3.22. The number of hydrogen-bond acceptors (Lipinski definition) is 4. The highest BCUT2D eigenvalue weighted by Crippen LogP contribution is 2.14. The summed E-state index contributed by atoms with van der Waals surface area (Å²) in [5, 5.41) is 8.07. The van der Waals surface area contributed by atoms with E-state index >= 15 is 0 Å². The lowest BCUT2D eigenvalue weighted by Gasteiger charge is -2.08. The minimum Gasteiger partial charge on any atom is -0.293 e. The van der Waals surface area contributed by atoms with Crippen LogP contribution < -0.4 is 5.56 Å². The van der Waals surface area contributed by atoms with Crippen LogP contribution in [0, 0.1) is 0 Å². The lowest BCUT2D eigenvalue weighted by atomic mass is 10.1. The van der Waals surface area contributed by atoms with Crippen molar-refractivity contribution in [1.29, 1.82) is 0 Å². The van der Waals surface area contributed by atoms with Gasteiger partial charge in [-0.25, -0.2) is 9.67 Å². The molecule has 122 valence electrons. The van der Waals surface area contributed by atoms with Gasteiger partial charge in [-0.05, 0) is 12.1 Å². The average molecular weight is 329 g/mol. The maximum absolute atomic E-state index is 12.5. The fraction of sp³-hybridized carbons (Fsp3) is 0.0526. The third-order valence-electron chi connectivity index (χ3n) is 3.90. The Labute approximate surface area is 144 Å². The lowest BCUT2D eigenvalue weighted by molar-refractivity contribution is 0.678. The standard InChI is InChI=1S/C19H15N5O/c25-19-11-18(15-7-3-1-4-8-15)20-14-23(19)13-17-12-21-22-24(17)16-9-5-2-6-10-16/h1-12,14H,13H2. The van der Waals surface area contributed by atoms with Crippen LogP contribution in [0.25, 0.3) is 16.9 Å². The molecular formula is C19H15N5O. The molecule has 2 aromatic carbocycles. The van der Waals surface area contributed by atoms with Gasteiger partial charge in [-0.15, -0.1) is 5.10 Å². The third-order valence-corrected chi connectivity index (χ3v) is 3.90. The zero-order valence-corrected chi connectivity index (χ0v) is 13.4. The second-order valence-corrected chi connectivity index (χ2v) is 5.58. The Morgan fingerprint density at radius 2 is 1.64 bits per heavy atom. The highest BCUT2D eigenvalue weighted by molar-refractivity contribution is 5.57. The molecule has 4 rings (SSSR count). The summed E-state index contributed by atoms with van der Waals surface area (Å²) >= 11 is 0. The molecule has 0 unspecified atom stereocenters. The van der Waals surface area contributed by atoms with Crippen molar-refractivity contribution in [1.82, 2.24) is 24.5 Å². The first-order valence-electron chi connectivity index (χ1n) is 7.88. The summed E-state index contributed by atoms with van der Waals surface area (Å²) in [6, 6.07) is 20.9.